The van der Waals surface area contributed by atoms with E-state index in [0.29, 0.717) is 23.3 Å². The van der Waals surface area contributed by atoms with Crippen LogP contribution in [0.4, 0.5) is 0 Å². The van der Waals surface area contributed by atoms with E-state index in [9.17, 15) is 34.8 Å². The third kappa shape index (κ3) is 4.39. The van der Waals surface area contributed by atoms with Crippen molar-refractivity contribution in [2.75, 3.05) is 21.2 Å². The summed E-state index contributed by atoms with van der Waals surface area (Å²) in [5, 5.41) is 44.8. The molecule has 220 valence electrons. The molecule has 6 N–H and O–H groups in total. The van der Waals surface area contributed by atoms with Crippen LogP contribution in [-0.2, 0) is 27.2 Å². The Kier molecular flexibility index (Phi) is 7.46. The van der Waals surface area contributed by atoms with Gasteiger partial charge in [-0.3, -0.25) is 19.3 Å². The number of nitrogens with zero attached hydrogens (tertiary/aromatic N) is 1. The van der Waals surface area contributed by atoms with Crippen LogP contribution in [0.5, 0.6) is 11.5 Å². The second-order valence-corrected chi connectivity index (χ2v) is 11.6. The number of nitrogens with two attached hydrogens (primary N) is 1. The van der Waals surface area contributed by atoms with Gasteiger partial charge in [-0.15, -0.1) is 12.6 Å². The summed E-state index contributed by atoms with van der Waals surface area (Å²) >= 11 is 4.37. The van der Waals surface area contributed by atoms with Crippen molar-refractivity contribution in [2.24, 2.45) is 17.6 Å². The van der Waals surface area contributed by atoms with Crippen LogP contribution >= 0.6 is 12.6 Å². The minimum absolute atomic E-state index is 0.0282. The van der Waals surface area contributed by atoms with Crippen molar-refractivity contribution in [3.05, 3.63) is 75.6 Å². The van der Waals surface area contributed by atoms with E-state index < -0.39 is 58.0 Å². The molecule has 1 amide bonds. The molecule has 4 atom stereocenters. The van der Waals surface area contributed by atoms with Gasteiger partial charge in [-0.1, -0.05) is 24.3 Å². The average Bonchev–Trinajstić information content (AvgIpc) is 2.92. The molecular weight excluding hydrogens is 560 g/mol. The Morgan fingerprint density at radius 2 is 1.90 bits per heavy atom. The third-order valence-electron chi connectivity index (χ3n) is 8.54. The Balaban J connectivity index is 1.58. The number of thiol groups is 1. The van der Waals surface area contributed by atoms with Crippen LogP contribution in [0.3, 0.4) is 0 Å². The van der Waals surface area contributed by atoms with E-state index in [4.69, 9.17) is 10.5 Å². The number of fused-ring (bicyclic) bond motifs is 3. The molecule has 0 heterocycles. The summed E-state index contributed by atoms with van der Waals surface area (Å²) in [5.41, 5.74) is 4.02. The van der Waals surface area contributed by atoms with Gasteiger partial charge in [0.15, 0.2) is 11.4 Å². The van der Waals surface area contributed by atoms with Crippen LogP contribution in [0.15, 0.2) is 58.2 Å². The number of ether oxygens (including phenoxy) is 1. The van der Waals surface area contributed by atoms with Crippen LogP contribution in [-0.4, -0.2) is 75.6 Å². The molecule has 1 fully saturated rings. The van der Waals surface area contributed by atoms with E-state index in [1.54, 1.807) is 27.3 Å². The highest BCUT2D eigenvalue weighted by Gasteiger charge is 2.64. The molecule has 0 aromatic heterocycles. The van der Waals surface area contributed by atoms with Gasteiger partial charge in [-0.25, -0.2) is 0 Å². The molecule has 3 aliphatic carbocycles. The van der Waals surface area contributed by atoms with Crippen molar-refractivity contribution in [3.63, 3.8) is 0 Å². The number of Topliss-reactive ketones (excluding diaryl/α,β-unsaturated/α-hetero) is 2. The lowest BCUT2D eigenvalue weighted by Gasteiger charge is -2.50. The number of hydrogen-bond acceptors (Lipinski definition) is 10. The second kappa shape index (κ2) is 10.6. The summed E-state index contributed by atoms with van der Waals surface area (Å²) in [7, 11) is 4.70. The van der Waals surface area contributed by atoms with Crippen molar-refractivity contribution >= 4 is 41.9 Å². The summed E-state index contributed by atoms with van der Waals surface area (Å²) < 4.78 is 5.33. The van der Waals surface area contributed by atoms with Crippen LogP contribution in [0.1, 0.15) is 28.7 Å². The van der Waals surface area contributed by atoms with E-state index in [-0.39, 0.29) is 29.7 Å². The Hall–Kier alpha value is -4.06. The number of aromatic hydroxyl groups is 1. The van der Waals surface area contributed by atoms with Crippen molar-refractivity contribution in [1.29, 1.82) is 0 Å². The molecule has 0 saturated heterocycles. The molecule has 5 rings (SSSR count). The molecule has 0 bridgehead atoms. The number of primary amides is 1. The third-order valence-corrected chi connectivity index (χ3v) is 8.90. The molecular formula is C31H32N2O8S. The zero-order valence-electron chi connectivity index (χ0n) is 23.3. The molecule has 0 spiro atoms. The lowest BCUT2D eigenvalue weighted by Crippen LogP contribution is -2.65. The molecule has 0 aliphatic heterocycles. The molecule has 3 aliphatic rings. The van der Waals surface area contributed by atoms with Gasteiger partial charge in [0.1, 0.15) is 28.6 Å². The number of rotatable bonds is 6. The molecule has 42 heavy (non-hydrogen) atoms. The maximum atomic E-state index is 13.9. The fourth-order valence-corrected chi connectivity index (χ4v) is 6.83. The van der Waals surface area contributed by atoms with E-state index in [1.807, 2.05) is 30.4 Å². The molecule has 2 aromatic carbocycles. The van der Waals surface area contributed by atoms with Gasteiger partial charge in [0.05, 0.1) is 18.7 Å². The minimum Gasteiger partial charge on any atom is -0.508 e. The van der Waals surface area contributed by atoms with Crippen LogP contribution < -0.4 is 10.5 Å². The number of phenols is 1. The molecule has 1 saturated carbocycles. The molecule has 2 aromatic rings. The summed E-state index contributed by atoms with van der Waals surface area (Å²) in [6.45, 7) is 0. The monoisotopic (exact) mass is 592 g/mol. The number of carbonyl (C=O) groups is 3. The van der Waals surface area contributed by atoms with Gasteiger partial charge in [-0.2, -0.15) is 0 Å². The van der Waals surface area contributed by atoms with Crippen molar-refractivity contribution in [2.45, 2.75) is 35.8 Å². The largest absolute Gasteiger partial charge is 0.508 e. The van der Waals surface area contributed by atoms with Crippen molar-refractivity contribution in [3.8, 4) is 11.5 Å². The number of allylic oxidation sites excluding steroid dienone is 1. The lowest BCUT2D eigenvalue weighted by molar-refractivity contribution is -0.153. The predicted octanol–water partition coefficient (Wildman–Crippen LogP) is 2.52. The van der Waals surface area contributed by atoms with Crippen LogP contribution in [0.2, 0.25) is 0 Å². The lowest BCUT2D eigenvalue weighted by atomic mass is 9.57. The number of ketones is 2. The second-order valence-electron chi connectivity index (χ2n) is 11.1. The Morgan fingerprint density at radius 1 is 1.19 bits per heavy atom. The number of phenolic OH excluding ortho intramolecular Hbond substituents is 1. The Bertz CT molecular complexity index is 1620. The number of amides is 1. The van der Waals surface area contributed by atoms with Crippen molar-refractivity contribution in [1.82, 2.24) is 4.90 Å². The van der Waals surface area contributed by atoms with E-state index in [1.165, 1.54) is 11.0 Å². The highest BCUT2D eigenvalue weighted by molar-refractivity contribution is 7.80. The number of methoxy groups -OCH3 is 1. The summed E-state index contributed by atoms with van der Waals surface area (Å²) in [5.74, 6) is -6.11. The van der Waals surface area contributed by atoms with Gasteiger partial charge in [-0.05, 0) is 74.2 Å². The van der Waals surface area contributed by atoms with E-state index >= 15 is 0 Å². The quantitative estimate of drug-likeness (QED) is 0.218. The Labute approximate surface area is 247 Å². The van der Waals surface area contributed by atoms with E-state index in [0.717, 1.165) is 10.5 Å². The minimum atomic E-state index is -2.67. The van der Waals surface area contributed by atoms with E-state index in [2.05, 4.69) is 12.6 Å². The first kappa shape index (κ1) is 29.4. The first-order valence-electron chi connectivity index (χ1n) is 13.3. The summed E-state index contributed by atoms with van der Waals surface area (Å²) in [6.07, 6.45) is 4.59. The number of aliphatic hydroxyl groups is 3. The predicted molar refractivity (Wildman–Crippen MR) is 157 cm³/mol. The highest BCUT2D eigenvalue weighted by atomic mass is 32.1. The maximum Gasteiger partial charge on any atom is 0.255 e. The SMILES string of the molecule is COc1cc(C/C=C\c2ccc(O)c3c2C[C@H]2C[C@H]4[C@H](N(C)C)C(=O)C(C(N)=O)=C(O)[C@@]4(O)C(=O)C2=C3O)ccc1S. The molecule has 0 unspecified atom stereocenters. The van der Waals surface area contributed by atoms with Crippen molar-refractivity contribution < 1.29 is 39.5 Å². The number of carbonyl (C=O) groups excluding carboxylic acids is 3. The zero-order valence-corrected chi connectivity index (χ0v) is 24.2. The van der Waals surface area contributed by atoms with Gasteiger partial charge in [0.25, 0.3) is 5.91 Å². The van der Waals surface area contributed by atoms with Gasteiger partial charge in [0, 0.05) is 16.4 Å². The topological polar surface area (TPSA) is 171 Å². The van der Waals surface area contributed by atoms with Crippen LogP contribution in [0.25, 0.3) is 11.8 Å². The number of benzene rings is 2. The van der Waals surface area contributed by atoms with Gasteiger partial charge < -0.3 is 30.9 Å². The summed E-state index contributed by atoms with van der Waals surface area (Å²) in [6, 6.07) is 7.64. The maximum absolute atomic E-state index is 13.9. The average molecular weight is 593 g/mol. The first-order valence-corrected chi connectivity index (χ1v) is 13.8. The standard InChI is InChI=1S/C31H32N2O8S/c1-33(2)25-18-13-16-12-17-15(6-4-5-14-7-10-21(42)20(11-14)41-3)8-9-19(34)23(17)26(35)22(16)28(37)31(18,40)29(38)24(27(25)36)30(32)39/h4,6-11,16,18,25,34-35,38,40,42H,5,12-13H2,1-3H3,(H2,32,39)/b6-4-/t16-,18-,25-,31-/m0/s1. The number of aliphatic hydroxyl groups excluding tert-OH is 2. The number of hydrogen-bond donors (Lipinski definition) is 6. The van der Waals surface area contributed by atoms with Gasteiger partial charge in [0.2, 0.25) is 5.78 Å². The molecule has 0 radical (unpaired) electrons. The smallest absolute Gasteiger partial charge is 0.255 e. The summed E-state index contributed by atoms with van der Waals surface area (Å²) in [4.78, 5) is 41.5. The first-order chi connectivity index (χ1) is 19.8. The molecule has 11 heteroatoms. The normalized spacial score (nSPS) is 25.5. The zero-order chi connectivity index (χ0) is 30.7. The van der Waals surface area contributed by atoms with Gasteiger partial charge >= 0.3 is 0 Å². The van der Waals surface area contributed by atoms with Crippen LogP contribution in [0, 0.1) is 11.8 Å². The Morgan fingerprint density at radius 3 is 2.55 bits per heavy atom. The fraction of sp³-hybridized carbons (Fsp3) is 0.323. The molecule has 10 nitrogen and oxygen atoms in total. The highest BCUT2D eigenvalue weighted by Crippen LogP contribution is 2.53. The number of likely N-dealkylation sites (N-methyl/N-ethyl adjacent to an activating group) is 1. The fourth-order valence-electron chi connectivity index (χ4n) is 6.60.